The van der Waals surface area contributed by atoms with Crippen molar-refractivity contribution in [2.24, 2.45) is 12.0 Å². The third-order valence-corrected chi connectivity index (χ3v) is 5.86. The van der Waals surface area contributed by atoms with Gasteiger partial charge in [0, 0.05) is 50.9 Å². The third kappa shape index (κ3) is 3.79. The molecule has 2 heterocycles. The molecule has 1 N–H and O–H groups in total. The monoisotopic (exact) mass is 323 g/mol. The van der Waals surface area contributed by atoms with E-state index >= 15 is 0 Å². The number of guanidine groups is 1. The van der Waals surface area contributed by atoms with Crippen LogP contribution in [0.15, 0.2) is 23.3 Å². The summed E-state index contributed by atoms with van der Waals surface area (Å²) in [7, 11) is 10.4. The summed E-state index contributed by atoms with van der Waals surface area (Å²) in [6.45, 7) is 1.80. The SMILES string of the molecule is CN=C(NCC1(N(C)C)CCSC1)N(C)Cc1cccn1C. The number of nitrogens with zero attached hydrogens (tertiary/aromatic N) is 4. The average Bonchev–Trinajstić information content (AvgIpc) is 3.10. The Morgan fingerprint density at radius 3 is 2.73 bits per heavy atom. The van der Waals surface area contributed by atoms with Gasteiger partial charge in [-0.1, -0.05) is 0 Å². The smallest absolute Gasteiger partial charge is 0.193 e. The highest BCUT2D eigenvalue weighted by Gasteiger charge is 2.36. The molecule has 1 aliphatic heterocycles. The maximum Gasteiger partial charge on any atom is 0.193 e. The largest absolute Gasteiger partial charge is 0.354 e. The molecule has 0 radical (unpaired) electrons. The van der Waals surface area contributed by atoms with Gasteiger partial charge in [-0.15, -0.1) is 0 Å². The van der Waals surface area contributed by atoms with Crippen LogP contribution in [0.2, 0.25) is 0 Å². The lowest BCUT2D eigenvalue weighted by atomic mass is 9.97. The fraction of sp³-hybridized carbons (Fsp3) is 0.688. The van der Waals surface area contributed by atoms with E-state index in [4.69, 9.17) is 0 Å². The van der Waals surface area contributed by atoms with Crippen molar-refractivity contribution in [3.8, 4) is 0 Å². The molecule has 5 nitrogen and oxygen atoms in total. The summed E-state index contributed by atoms with van der Waals surface area (Å²) in [6.07, 6.45) is 3.31. The fourth-order valence-corrected chi connectivity index (χ4v) is 4.41. The van der Waals surface area contributed by atoms with E-state index in [1.54, 1.807) is 0 Å². The van der Waals surface area contributed by atoms with Crippen LogP contribution < -0.4 is 5.32 Å². The summed E-state index contributed by atoms with van der Waals surface area (Å²) < 4.78 is 2.15. The second-order valence-electron chi connectivity index (χ2n) is 6.29. The predicted molar refractivity (Wildman–Crippen MR) is 96.6 cm³/mol. The molecule has 0 saturated carbocycles. The first kappa shape index (κ1) is 17.2. The summed E-state index contributed by atoms with van der Waals surface area (Å²) in [5.41, 5.74) is 1.52. The molecule has 1 saturated heterocycles. The Morgan fingerprint density at radius 1 is 1.45 bits per heavy atom. The Bertz CT molecular complexity index is 502. The third-order valence-electron chi connectivity index (χ3n) is 4.63. The number of likely N-dealkylation sites (N-methyl/N-ethyl adjacent to an activating group) is 1. The minimum Gasteiger partial charge on any atom is -0.354 e. The fourth-order valence-electron chi connectivity index (χ4n) is 2.85. The molecular weight excluding hydrogens is 294 g/mol. The maximum atomic E-state index is 4.45. The second-order valence-corrected chi connectivity index (χ2v) is 7.39. The topological polar surface area (TPSA) is 35.8 Å². The molecule has 1 fully saturated rings. The molecule has 1 aliphatic rings. The van der Waals surface area contributed by atoms with Crippen molar-refractivity contribution in [1.82, 2.24) is 19.7 Å². The highest BCUT2D eigenvalue weighted by atomic mass is 32.2. The first-order chi connectivity index (χ1) is 10.5. The van der Waals surface area contributed by atoms with Crippen molar-refractivity contribution in [3.63, 3.8) is 0 Å². The van der Waals surface area contributed by atoms with Crippen molar-refractivity contribution in [2.75, 3.05) is 46.2 Å². The zero-order valence-electron chi connectivity index (χ0n) is 14.5. The molecule has 6 heteroatoms. The van der Waals surface area contributed by atoms with Crippen molar-refractivity contribution in [3.05, 3.63) is 24.0 Å². The van der Waals surface area contributed by atoms with Crippen LogP contribution >= 0.6 is 11.8 Å². The van der Waals surface area contributed by atoms with Gasteiger partial charge in [-0.3, -0.25) is 4.99 Å². The molecule has 22 heavy (non-hydrogen) atoms. The van der Waals surface area contributed by atoms with E-state index in [1.165, 1.54) is 23.6 Å². The Kier molecular flexibility index (Phi) is 5.81. The molecule has 2 rings (SSSR count). The van der Waals surface area contributed by atoms with E-state index in [0.717, 1.165) is 19.0 Å². The van der Waals surface area contributed by atoms with E-state index in [9.17, 15) is 0 Å². The Hall–Kier alpha value is -1.14. The molecule has 0 spiro atoms. The lowest BCUT2D eigenvalue weighted by Crippen LogP contribution is -2.54. The van der Waals surface area contributed by atoms with Crippen LogP contribution in [-0.4, -0.2) is 72.1 Å². The highest BCUT2D eigenvalue weighted by molar-refractivity contribution is 7.99. The van der Waals surface area contributed by atoms with E-state index in [1.807, 2.05) is 18.8 Å². The maximum absolute atomic E-state index is 4.45. The number of nitrogens with one attached hydrogen (secondary N) is 1. The van der Waals surface area contributed by atoms with Crippen LogP contribution in [0, 0.1) is 0 Å². The molecular formula is C16H29N5S. The zero-order valence-corrected chi connectivity index (χ0v) is 15.3. The predicted octanol–water partition coefficient (Wildman–Crippen LogP) is 1.47. The minimum atomic E-state index is 0.242. The van der Waals surface area contributed by atoms with Gasteiger partial charge in [-0.25, -0.2) is 0 Å². The van der Waals surface area contributed by atoms with Gasteiger partial charge in [-0.05, 0) is 38.4 Å². The minimum absolute atomic E-state index is 0.242. The highest BCUT2D eigenvalue weighted by Crippen LogP contribution is 2.31. The molecule has 0 amide bonds. The molecule has 1 unspecified atom stereocenters. The summed E-state index contributed by atoms with van der Waals surface area (Å²) in [6, 6.07) is 4.23. The van der Waals surface area contributed by atoms with E-state index < -0.39 is 0 Å². The van der Waals surface area contributed by atoms with Gasteiger partial charge >= 0.3 is 0 Å². The van der Waals surface area contributed by atoms with Gasteiger partial charge < -0.3 is 19.7 Å². The number of aromatic nitrogens is 1. The number of aliphatic imine (C=N–C) groups is 1. The van der Waals surface area contributed by atoms with Crippen LogP contribution in [0.4, 0.5) is 0 Å². The zero-order chi connectivity index (χ0) is 16.2. The van der Waals surface area contributed by atoms with E-state index in [0.29, 0.717) is 0 Å². The second kappa shape index (κ2) is 7.42. The van der Waals surface area contributed by atoms with Gasteiger partial charge in [0.2, 0.25) is 0 Å². The van der Waals surface area contributed by atoms with Gasteiger partial charge in [0.15, 0.2) is 5.96 Å². The van der Waals surface area contributed by atoms with Gasteiger partial charge in [0.25, 0.3) is 0 Å². The first-order valence-corrected chi connectivity index (χ1v) is 8.91. The Balaban J connectivity index is 1.96. The lowest BCUT2D eigenvalue weighted by Gasteiger charge is -2.37. The normalized spacial score (nSPS) is 22.4. The molecule has 1 atom stereocenters. The number of thioether (sulfide) groups is 1. The number of hydrogen-bond donors (Lipinski definition) is 1. The van der Waals surface area contributed by atoms with Crippen molar-refractivity contribution in [1.29, 1.82) is 0 Å². The molecule has 1 aromatic rings. The summed E-state index contributed by atoms with van der Waals surface area (Å²) in [5.74, 6) is 3.39. The van der Waals surface area contributed by atoms with Crippen LogP contribution in [0.1, 0.15) is 12.1 Å². The number of hydrogen-bond acceptors (Lipinski definition) is 3. The molecule has 0 aromatic carbocycles. The lowest BCUT2D eigenvalue weighted by molar-refractivity contribution is 0.181. The van der Waals surface area contributed by atoms with Crippen LogP contribution in [0.5, 0.6) is 0 Å². The van der Waals surface area contributed by atoms with Crippen LogP contribution in [0.25, 0.3) is 0 Å². The van der Waals surface area contributed by atoms with Crippen molar-refractivity contribution >= 4 is 17.7 Å². The van der Waals surface area contributed by atoms with E-state index in [2.05, 4.69) is 71.2 Å². The average molecular weight is 324 g/mol. The quantitative estimate of drug-likeness (QED) is 0.657. The number of aryl methyl sites for hydroxylation is 1. The standard InChI is InChI=1S/C16H29N5S/c1-17-15(21(5)11-14-7-6-9-20(14)4)18-12-16(19(2)3)8-10-22-13-16/h6-7,9H,8,10-13H2,1-5H3,(H,17,18). The van der Waals surface area contributed by atoms with Crippen molar-refractivity contribution < 1.29 is 0 Å². The molecule has 1 aromatic heterocycles. The van der Waals surface area contributed by atoms with Crippen LogP contribution in [0.3, 0.4) is 0 Å². The van der Waals surface area contributed by atoms with Crippen LogP contribution in [-0.2, 0) is 13.6 Å². The molecule has 124 valence electrons. The summed E-state index contributed by atoms with van der Waals surface area (Å²) >= 11 is 2.04. The van der Waals surface area contributed by atoms with E-state index in [-0.39, 0.29) is 5.54 Å². The van der Waals surface area contributed by atoms with Gasteiger partial charge in [0.05, 0.1) is 6.54 Å². The summed E-state index contributed by atoms with van der Waals surface area (Å²) in [4.78, 5) is 8.99. The number of rotatable bonds is 5. The van der Waals surface area contributed by atoms with Crippen molar-refractivity contribution in [2.45, 2.75) is 18.5 Å². The Morgan fingerprint density at radius 2 is 2.23 bits per heavy atom. The Labute approximate surface area is 138 Å². The first-order valence-electron chi connectivity index (χ1n) is 7.76. The van der Waals surface area contributed by atoms with Gasteiger partial charge in [0.1, 0.15) is 0 Å². The molecule has 0 bridgehead atoms. The van der Waals surface area contributed by atoms with Gasteiger partial charge in [-0.2, -0.15) is 11.8 Å². The summed E-state index contributed by atoms with van der Waals surface area (Å²) in [5, 5.41) is 3.58. The molecule has 0 aliphatic carbocycles.